The van der Waals surface area contributed by atoms with E-state index in [1.54, 1.807) is 0 Å². The lowest BCUT2D eigenvalue weighted by Crippen LogP contribution is -2.45. The van der Waals surface area contributed by atoms with Crippen LogP contribution in [0.5, 0.6) is 0 Å². The van der Waals surface area contributed by atoms with Crippen molar-refractivity contribution < 1.29 is 28.7 Å². The van der Waals surface area contributed by atoms with Gasteiger partial charge in [0.2, 0.25) is 0 Å². The molecule has 0 aromatic carbocycles. The molecule has 0 aliphatic carbocycles. The van der Waals surface area contributed by atoms with E-state index < -0.39 is 18.0 Å². The molecule has 0 fully saturated rings. The number of carbonyl (C=O) groups excluding carboxylic acids is 3. The van der Waals surface area contributed by atoms with Crippen LogP contribution in [0.15, 0.2) is 0 Å². The number of carboxylic acids is 1. The summed E-state index contributed by atoms with van der Waals surface area (Å²) in [5.74, 6) is -1.63. The highest BCUT2D eigenvalue weighted by atomic mass is 16.5. The van der Waals surface area contributed by atoms with Crippen LogP contribution in [0.4, 0.5) is 0 Å². The Kier molecular flexibility index (Phi) is 8.17. The van der Waals surface area contributed by atoms with Gasteiger partial charge in [-0.05, 0) is 6.42 Å². The van der Waals surface area contributed by atoms with E-state index in [-0.39, 0.29) is 24.5 Å². The second kappa shape index (κ2) is 8.77. The molecule has 0 aliphatic heterocycles. The lowest BCUT2D eigenvalue weighted by Gasteiger charge is -2.29. The molecule has 0 N–H and O–H groups in total. The Morgan fingerprint density at radius 1 is 1.10 bits per heavy atom. The normalized spacial score (nSPS) is 13.0. The Morgan fingerprint density at radius 2 is 1.67 bits per heavy atom. The summed E-state index contributed by atoms with van der Waals surface area (Å²) in [7, 11) is 5.66. The SMILES string of the molecule is CC(C)C(=O)CCCC(=O)OC(CC(=O)[O-])C[N+](C)(C)C. The monoisotopic (exact) mass is 301 g/mol. The van der Waals surface area contributed by atoms with Gasteiger partial charge in [-0.25, -0.2) is 0 Å². The van der Waals surface area contributed by atoms with Crippen molar-refractivity contribution in [3.05, 3.63) is 0 Å². The minimum atomic E-state index is -1.24. The summed E-state index contributed by atoms with van der Waals surface area (Å²) in [6.07, 6.45) is -0.125. The van der Waals surface area contributed by atoms with Gasteiger partial charge in [0.05, 0.1) is 21.1 Å². The van der Waals surface area contributed by atoms with E-state index in [0.29, 0.717) is 23.9 Å². The Morgan fingerprint density at radius 3 is 2.10 bits per heavy atom. The maximum atomic E-state index is 11.7. The summed E-state index contributed by atoms with van der Waals surface area (Å²) in [5.41, 5.74) is 0. The van der Waals surface area contributed by atoms with Crippen LogP contribution in [-0.4, -0.2) is 56.0 Å². The number of hydrogen-bond donors (Lipinski definition) is 0. The molecule has 6 nitrogen and oxygen atoms in total. The van der Waals surface area contributed by atoms with E-state index in [4.69, 9.17) is 4.74 Å². The van der Waals surface area contributed by atoms with Gasteiger partial charge < -0.3 is 19.1 Å². The van der Waals surface area contributed by atoms with Gasteiger partial charge in [0.1, 0.15) is 12.3 Å². The number of aliphatic carboxylic acids is 1. The van der Waals surface area contributed by atoms with E-state index in [0.717, 1.165) is 0 Å². The standard InChI is InChI=1S/C15H27NO5/c1-11(2)13(17)7-6-8-15(20)21-12(9-14(18)19)10-16(3,4)5/h11-12H,6-10H2,1-5H3. The second-order valence-electron chi connectivity index (χ2n) is 6.64. The first kappa shape index (κ1) is 19.6. The molecule has 0 spiro atoms. The van der Waals surface area contributed by atoms with Gasteiger partial charge in [-0.2, -0.15) is 0 Å². The molecule has 0 aromatic heterocycles. The van der Waals surface area contributed by atoms with Crippen LogP contribution in [0.3, 0.4) is 0 Å². The van der Waals surface area contributed by atoms with Crippen molar-refractivity contribution in [1.29, 1.82) is 0 Å². The third-order valence-corrected chi connectivity index (χ3v) is 2.89. The Hall–Kier alpha value is -1.43. The molecule has 0 saturated heterocycles. The van der Waals surface area contributed by atoms with Gasteiger partial charge in [0.15, 0.2) is 6.10 Å². The smallest absolute Gasteiger partial charge is 0.306 e. The van der Waals surface area contributed by atoms with Crippen molar-refractivity contribution in [3.63, 3.8) is 0 Å². The summed E-state index contributed by atoms with van der Waals surface area (Å²) in [4.78, 5) is 33.9. The third-order valence-electron chi connectivity index (χ3n) is 2.89. The van der Waals surface area contributed by atoms with E-state index >= 15 is 0 Å². The summed E-state index contributed by atoms with van der Waals surface area (Å²) in [5, 5.41) is 10.7. The number of esters is 1. The molecule has 0 heterocycles. The van der Waals surface area contributed by atoms with Crippen LogP contribution in [0.2, 0.25) is 0 Å². The Balaban J connectivity index is 4.27. The first-order valence-corrected chi connectivity index (χ1v) is 7.23. The molecule has 122 valence electrons. The fourth-order valence-corrected chi connectivity index (χ4v) is 1.88. The zero-order chi connectivity index (χ0) is 16.6. The molecule has 6 heteroatoms. The van der Waals surface area contributed by atoms with Crippen molar-refractivity contribution in [2.45, 2.75) is 45.6 Å². The summed E-state index contributed by atoms with van der Waals surface area (Å²) in [6.45, 7) is 4.03. The zero-order valence-electron chi connectivity index (χ0n) is 13.7. The number of carboxylic acid groups (broad SMARTS) is 1. The number of likely N-dealkylation sites (N-methyl/N-ethyl adjacent to an activating group) is 1. The van der Waals surface area contributed by atoms with E-state index in [9.17, 15) is 19.5 Å². The molecule has 1 unspecified atom stereocenters. The molecule has 0 aliphatic rings. The number of ketones is 1. The third kappa shape index (κ3) is 11.0. The number of Topliss-reactive ketones (excluding diaryl/α,β-unsaturated/α-hetero) is 1. The minimum absolute atomic E-state index is 0.0370. The van der Waals surface area contributed by atoms with E-state index in [1.165, 1.54) is 0 Å². The van der Waals surface area contributed by atoms with Crippen molar-refractivity contribution in [2.75, 3.05) is 27.7 Å². The number of quaternary nitrogens is 1. The zero-order valence-corrected chi connectivity index (χ0v) is 13.7. The van der Waals surface area contributed by atoms with Crippen molar-refractivity contribution in [1.82, 2.24) is 0 Å². The van der Waals surface area contributed by atoms with Crippen LogP contribution in [0.1, 0.15) is 39.5 Å². The topological polar surface area (TPSA) is 83.5 Å². The van der Waals surface area contributed by atoms with Crippen molar-refractivity contribution in [2.24, 2.45) is 5.92 Å². The van der Waals surface area contributed by atoms with Crippen molar-refractivity contribution >= 4 is 17.7 Å². The lowest BCUT2D eigenvalue weighted by atomic mass is 10.0. The van der Waals surface area contributed by atoms with Crippen LogP contribution in [-0.2, 0) is 19.1 Å². The van der Waals surface area contributed by atoms with Gasteiger partial charge >= 0.3 is 5.97 Å². The molecule has 0 rings (SSSR count). The van der Waals surface area contributed by atoms with E-state index in [2.05, 4.69) is 0 Å². The predicted molar refractivity (Wildman–Crippen MR) is 76.1 cm³/mol. The first-order valence-electron chi connectivity index (χ1n) is 7.23. The highest BCUT2D eigenvalue weighted by Crippen LogP contribution is 2.09. The molecule has 0 saturated carbocycles. The maximum absolute atomic E-state index is 11.7. The number of hydrogen-bond acceptors (Lipinski definition) is 5. The fourth-order valence-electron chi connectivity index (χ4n) is 1.88. The Bertz CT molecular complexity index is 371. The average molecular weight is 301 g/mol. The van der Waals surface area contributed by atoms with Crippen molar-refractivity contribution in [3.8, 4) is 0 Å². The maximum Gasteiger partial charge on any atom is 0.306 e. The van der Waals surface area contributed by atoms with E-state index in [1.807, 2.05) is 35.0 Å². The number of nitrogens with zero attached hydrogens (tertiary/aromatic N) is 1. The highest BCUT2D eigenvalue weighted by molar-refractivity contribution is 5.80. The second-order valence-corrected chi connectivity index (χ2v) is 6.64. The highest BCUT2D eigenvalue weighted by Gasteiger charge is 2.22. The summed E-state index contributed by atoms with van der Waals surface area (Å²) >= 11 is 0. The fraction of sp³-hybridized carbons (Fsp3) is 0.800. The quantitative estimate of drug-likeness (QED) is 0.423. The van der Waals surface area contributed by atoms with Gasteiger partial charge in [-0.15, -0.1) is 0 Å². The minimum Gasteiger partial charge on any atom is -0.550 e. The van der Waals surface area contributed by atoms with Gasteiger partial charge in [0, 0.05) is 31.1 Å². The van der Waals surface area contributed by atoms with Gasteiger partial charge in [-0.1, -0.05) is 13.8 Å². The molecular weight excluding hydrogens is 274 g/mol. The van der Waals surface area contributed by atoms with Crippen LogP contribution >= 0.6 is 0 Å². The largest absolute Gasteiger partial charge is 0.550 e. The summed E-state index contributed by atoms with van der Waals surface area (Å²) in [6, 6.07) is 0. The van der Waals surface area contributed by atoms with Gasteiger partial charge in [-0.3, -0.25) is 9.59 Å². The molecule has 0 radical (unpaired) electrons. The van der Waals surface area contributed by atoms with Crippen LogP contribution in [0.25, 0.3) is 0 Å². The number of carbonyl (C=O) groups is 3. The lowest BCUT2D eigenvalue weighted by molar-refractivity contribution is -0.873. The average Bonchev–Trinajstić information content (AvgIpc) is 2.24. The number of ether oxygens (including phenoxy) is 1. The molecule has 0 amide bonds. The predicted octanol–water partition coefficient (Wildman–Crippen LogP) is 0.140. The molecule has 21 heavy (non-hydrogen) atoms. The molecule has 1 atom stereocenters. The van der Waals surface area contributed by atoms with Crippen LogP contribution < -0.4 is 5.11 Å². The first-order chi connectivity index (χ1) is 9.51. The van der Waals surface area contributed by atoms with Crippen LogP contribution in [0, 0.1) is 5.92 Å². The summed E-state index contributed by atoms with van der Waals surface area (Å²) < 4.78 is 5.68. The Labute approximate surface area is 126 Å². The molecule has 0 aromatic rings. The molecular formula is C15H27NO5. The molecule has 0 bridgehead atoms. The number of rotatable bonds is 10. The van der Waals surface area contributed by atoms with Gasteiger partial charge in [0.25, 0.3) is 0 Å².